The van der Waals surface area contributed by atoms with Crippen molar-refractivity contribution in [3.63, 3.8) is 0 Å². The number of hydrogen-bond donors (Lipinski definition) is 1. The Morgan fingerprint density at radius 2 is 2.07 bits per heavy atom. The van der Waals surface area contributed by atoms with E-state index in [9.17, 15) is 4.39 Å². The normalized spacial score (nSPS) is 10.9. The molecule has 0 aliphatic rings. The zero-order chi connectivity index (χ0) is 20.2. The highest BCUT2D eigenvalue weighted by Gasteiger charge is 2.13. The van der Waals surface area contributed by atoms with Crippen LogP contribution in [0.4, 0.5) is 15.2 Å². The van der Waals surface area contributed by atoms with E-state index in [-0.39, 0.29) is 5.82 Å². The number of methoxy groups -OCH3 is 1. The summed E-state index contributed by atoms with van der Waals surface area (Å²) in [6, 6.07) is 12.4. The van der Waals surface area contributed by atoms with Gasteiger partial charge < -0.3 is 14.6 Å². The van der Waals surface area contributed by atoms with Crippen molar-refractivity contribution in [2.75, 3.05) is 12.4 Å². The van der Waals surface area contributed by atoms with Gasteiger partial charge in [-0.1, -0.05) is 52.5 Å². The number of benzene rings is 2. The Balaban J connectivity index is 1.39. The lowest BCUT2D eigenvalue weighted by atomic mass is 10.1. The molecule has 0 fully saturated rings. The van der Waals surface area contributed by atoms with Gasteiger partial charge in [0, 0.05) is 5.56 Å². The molecule has 0 amide bonds. The molecule has 0 aliphatic heterocycles. The minimum Gasteiger partial charge on any atom is -0.495 e. The van der Waals surface area contributed by atoms with Crippen molar-refractivity contribution in [1.29, 1.82) is 0 Å². The van der Waals surface area contributed by atoms with E-state index >= 15 is 0 Å². The molecule has 4 rings (SSSR count). The first-order valence-corrected chi connectivity index (χ1v) is 10.4. The standard InChI is InChI=1S/C19H16FN5O2S2/c1-11-7-8-12(9-13(11)20)17-22-16(27-25-17)10-28-19-24-23-18(29-19)21-14-5-3-4-6-15(14)26-2/h3-9H,10H2,1-2H3,(H,21,23). The molecular weight excluding hydrogens is 413 g/mol. The number of para-hydroxylation sites is 2. The molecule has 0 spiro atoms. The molecule has 1 N–H and O–H groups in total. The zero-order valence-electron chi connectivity index (χ0n) is 15.5. The van der Waals surface area contributed by atoms with Crippen molar-refractivity contribution in [1.82, 2.24) is 20.3 Å². The van der Waals surface area contributed by atoms with Crippen LogP contribution >= 0.6 is 23.1 Å². The third kappa shape index (κ3) is 4.54. The number of aryl methyl sites for hydroxylation is 1. The minimum atomic E-state index is -0.299. The largest absolute Gasteiger partial charge is 0.495 e. The molecule has 0 unspecified atom stereocenters. The van der Waals surface area contributed by atoms with Crippen LogP contribution in [0.2, 0.25) is 0 Å². The first-order chi connectivity index (χ1) is 14.1. The van der Waals surface area contributed by atoms with Crippen LogP contribution in [0.3, 0.4) is 0 Å². The van der Waals surface area contributed by atoms with Gasteiger partial charge >= 0.3 is 0 Å². The van der Waals surface area contributed by atoms with Gasteiger partial charge in [-0.25, -0.2) is 4.39 Å². The molecule has 2 aromatic heterocycles. The molecule has 2 heterocycles. The molecule has 0 radical (unpaired) electrons. The molecule has 4 aromatic rings. The van der Waals surface area contributed by atoms with Gasteiger partial charge in [0.15, 0.2) is 4.34 Å². The number of hydrogen-bond acceptors (Lipinski definition) is 9. The summed E-state index contributed by atoms with van der Waals surface area (Å²) in [6.45, 7) is 1.70. The molecule has 0 atom stereocenters. The number of aromatic nitrogens is 4. The van der Waals surface area contributed by atoms with Gasteiger partial charge in [0.25, 0.3) is 0 Å². The van der Waals surface area contributed by atoms with Gasteiger partial charge in [0.2, 0.25) is 16.8 Å². The van der Waals surface area contributed by atoms with Crippen LogP contribution < -0.4 is 10.1 Å². The highest BCUT2D eigenvalue weighted by molar-refractivity contribution is 8.00. The van der Waals surface area contributed by atoms with E-state index in [0.717, 1.165) is 15.8 Å². The van der Waals surface area contributed by atoms with Crippen LogP contribution in [0.15, 0.2) is 51.3 Å². The maximum Gasteiger partial charge on any atom is 0.237 e. The monoisotopic (exact) mass is 429 g/mol. The fourth-order valence-electron chi connectivity index (χ4n) is 2.47. The molecule has 0 saturated heterocycles. The van der Waals surface area contributed by atoms with E-state index in [1.807, 2.05) is 24.3 Å². The Hall–Kier alpha value is -2.98. The Morgan fingerprint density at radius 3 is 2.90 bits per heavy atom. The minimum absolute atomic E-state index is 0.299. The SMILES string of the molecule is COc1ccccc1Nc1nnc(SCc2nc(-c3ccc(C)c(F)c3)no2)s1. The number of ether oxygens (including phenoxy) is 1. The molecule has 7 nitrogen and oxygen atoms in total. The number of halogens is 1. The van der Waals surface area contributed by atoms with E-state index in [1.165, 1.54) is 29.2 Å². The summed E-state index contributed by atoms with van der Waals surface area (Å²) < 4.78 is 25.1. The van der Waals surface area contributed by atoms with Crippen molar-refractivity contribution >= 4 is 33.9 Å². The second-order valence-corrected chi connectivity index (χ2v) is 8.16. The fourth-order valence-corrected chi connectivity index (χ4v) is 4.07. The van der Waals surface area contributed by atoms with Crippen molar-refractivity contribution in [2.24, 2.45) is 0 Å². The molecular formula is C19H16FN5O2S2. The predicted molar refractivity (Wildman–Crippen MR) is 110 cm³/mol. The molecule has 10 heteroatoms. The van der Waals surface area contributed by atoms with E-state index in [1.54, 1.807) is 26.2 Å². The molecule has 29 heavy (non-hydrogen) atoms. The summed E-state index contributed by atoms with van der Waals surface area (Å²) in [5, 5.41) is 16.1. The average molecular weight is 430 g/mol. The first-order valence-electron chi connectivity index (χ1n) is 8.58. The van der Waals surface area contributed by atoms with Gasteiger partial charge in [-0.05, 0) is 30.7 Å². The Morgan fingerprint density at radius 1 is 1.21 bits per heavy atom. The number of thioether (sulfide) groups is 1. The molecule has 0 aliphatic carbocycles. The van der Waals surface area contributed by atoms with Crippen molar-refractivity contribution in [2.45, 2.75) is 17.0 Å². The lowest BCUT2D eigenvalue weighted by Crippen LogP contribution is -1.93. The van der Waals surface area contributed by atoms with Crippen LogP contribution in [0, 0.1) is 12.7 Å². The summed E-state index contributed by atoms with van der Waals surface area (Å²) in [6.07, 6.45) is 0. The lowest BCUT2D eigenvalue weighted by molar-refractivity contribution is 0.391. The highest BCUT2D eigenvalue weighted by Crippen LogP contribution is 2.32. The van der Waals surface area contributed by atoms with Gasteiger partial charge in [-0.15, -0.1) is 10.2 Å². The first kappa shape index (κ1) is 19.3. The van der Waals surface area contributed by atoms with Crippen molar-refractivity contribution < 1.29 is 13.7 Å². The molecule has 2 aromatic carbocycles. The second-order valence-electron chi connectivity index (χ2n) is 5.96. The van der Waals surface area contributed by atoms with Crippen molar-refractivity contribution in [3.8, 4) is 17.1 Å². The Bertz CT molecular complexity index is 1130. The van der Waals surface area contributed by atoms with Crippen molar-refractivity contribution in [3.05, 3.63) is 59.7 Å². The third-order valence-electron chi connectivity index (χ3n) is 3.97. The summed E-state index contributed by atoms with van der Waals surface area (Å²) in [5.74, 6) is 1.65. The van der Waals surface area contributed by atoms with Gasteiger partial charge in [-0.3, -0.25) is 0 Å². The van der Waals surface area contributed by atoms with E-state index in [0.29, 0.717) is 33.7 Å². The van der Waals surface area contributed by atoms with Crippen LogP contribution in [0.25, 0.3) is 11.4 Å². The van der Waals surface area contributed by atoms with Crippen LogP contribution in [-0.2, 0) is 5.75 Å². The number of anilines is 2. The highest BCUT2D eigenvalue weighted by atomic mass is 32.2. The fraction of sp³-hybridized carbons (Fsp3) is 0.158. The zero-order valence-corrected chi connectivity index (χ0v) is 17.2. The molecule has 148 valence electrons. The maximum absolute atomic E-state index is 13.7. The Labute approximate surface area is 174 Å². The number of nitrogens with zero attached hydrogens (tertiary/aromatic N) is 4. The second kappa shape index (κ2) is 8.58. The van der Waals surface area contributed by atoms with Crippen LogP contribution in [0.1, 0.15) is 11.5 Å². The number of nitrogens with one attached hydrogen (secondary N) is 1. The lowest BCUT2D eigenvalue weighted by Gasteiger charge is -2.07. The average Bonchev–Trinajstić information content (AvgIpc) is 3.38. The quantitative estimate of drug-likeness (QED) is 0.407. The Kier molecular flexibility index (Phi) is 5.72. The van der Waals surface area contributed by atoms with E-state index in [2.05, 4.69) is 25.7 Å². The smallest absolute Gasteiger partial charge is 0.237 e. The van der Waals surface area contributed by atoms with Crippen LogP contribution in [0.5, 0.6) is 5.75 Å². The summed E-state index contributed by atoms with van der Waals surface area (Å²) in [7, 11) is 1.62. The summed E-state index contributed by atoms with van der Waals surface area (Å²) in [5.41, 5.74) is 1.96. The predicted octanol–water partition coefficient (Wildman–Crippen LogP) is 5.08. The third-order valence-corrected chi connectivity index (χ3v) is 5.93. The molecule has 0 saturated carbocycles. The van der Waals surface area contributed by atoms with E-state index in [4.69, 9.17) is 9.26 Å². The summed E-state index contributed by atoms with van der Waals surface area (Å²) >= 11 is 2.84. The summed E-state index contributed by atoms with van der Waals surface area (Å²) in [4.78, 5) is 4.32. The van der Waals surface area contributed by atoms with Gasteiger partial charge in [0.1, 0.15) is 11.6 Å². The van der Waals surface area contributed by atoms with E-state index < -0.39 is 0 Å². The maximum atomic E-state index is 13.7. The number of rotatable bonds is 7. The topological polar surface area (TPSA) is 86.0 Å². The van der Waals surface area contributed by atoms with Crippen LogP contribution in [-0.4, -0.2) is 27.4 Å². The van der Waals surface area contributed by atoms with Gasteiger partial charge in [-0.2, -0.15) is 4.98 Å². The van der Waals surface area contributed by atoms with Gasteiger partial charge in [0.05, 0.1) is 18.6 Å². The molecule has 0 bridgehead atoms.